The summed E-state index contributed by atoms with van der Waals surface area (Å²) >= 11 is 2.15. The summed E-state index contributed by atoms with van der Waals surface area (Å²) in [4.78, 5) is 22.8. The molecular weight excluding hydrogens is 435 g/mol. The molecule has 2 N–H and O–H groups in total. The molecule has 1 saturated heterocycles. The second-order valence-electron chi connectivity index (χ2n) is 5.27. The van der Waals surface area contributed by atoms with Crippen LogP contribution in [0.25, 0.3) is 6.08 Å². The molecule has 7 heteroatoms. The summed E-state index contributed by atoms with van der Waals surface area (Å²) < 4.78 is 12.2. The Bertz CT molecular complexity index is 850. The minimum absolute atomic E-state index is 0.195. The van der Waals surface area contributed by atoms with E-state index in [0.717, 1.165) is 14.7 Å². The minimum Gasteiger partial charge on any atom is -0.493 e. The zero-order valence-electron chi connectivity index (χ0n) is 13.3. The second-order valence-corrected chi connectivity index (χ2v) is 6.44. The molecule has 0 spiro atoms. The molecule has 0 atom stereocenters. The Morgan fingerprint density at radius 3 is 2.52 bits per heavy atom. The van der Waals surface area contributed by atoms with Crippen LogP contribution in [0.15, 0.2) is 48.2 Å². The van der Waals surface area contributed by atoms with E-state index in [1.165, 1.54) is 0 Å². The van der Waals surface area contributed by atoms with Crippen LogP contribution in [0.2, 0.25) is 0 Å². The van der Waals surface area contributed by atoms with Gasteiger partial charge in [0.25, 0.3) is 5.91 Å². The minimum atomic E-state index is -0.527. The predicted molar refractivity (Wildman–Crippen MR) is 101 cm³/mol. The zero-order valence-corrected chi connectivity index (χ0v) is 15.5. The number of hydrogen-bond donors (Lipinski definition) is 2. The Hall–Kier alpha value is -2.55. The van der Waals surface area contributed by atoms with Gasteiger partial charge in [0.05, 0.1) is 10.7 Å². The molecule has 1 heterocycles. The number of hydrogen-bond acceptors (Lipinski definition) is 4. The molecule has 1 aliphatic rings. The molecule has 0 radical (unpaired) electrons. The number of nitrogens with one attached hydrogen (secondary N) is 2. The van der Waals surface area contributed by atoms with Crippen molar-refractivity contribution >= 4 is 40.6 Å². The smallest absolute Gasteiger partial charge is 0.326 e. The lowest BCUT2D eigenvalue weighted by Gasteiger charge is -2.14. The highest BCUT2D eigenvalue weighted by Gasteiger charge is 2.23. The van der Waals surface area contributed by atoms with Crippen molar-refractivity contribution in [3.05, 3.63) is 62.9 Å². The van der Waals surface area contributed by atoms with Crippen LogP contribution in [0.1, 0.15) is 11.1 Å². The molecule has 3 amide bonds. The third-order valence-electron chi connectivity index (χ3n) is 3.51. The molecule has 1 fully saturated rings. The highest BCUT2D eigenvalue weighted by atomic mass is 127. The SMILES string of the molecule is COc1cc(C=C2NC(=O)NC2=O)cc(I)c1OCc1ccccc1. The van der Waals surface area contributed by atoms with E-state index in [1.807, 2.05) is 36.4 Å². The molecule has 0 aliphatic carbocycles. The lowest BCUT2D eigenvalue weighted by molar-refractivity contribution is -0.115. The first kappa shape index (κ1) is 17.3. The fourth-order valence-electron chi connectivity index (χ4n) is 2.34. The van der Waals surface area contributed by atoms with Crippen molar-refractivity contribution in [2.45, 2.75) is 6.61 Å². The van der Waals surface area contributed by atoms with Gasteiger partial charge in [-0.05, 0) is 51.9 Å². The Kier molecular flexibility index (Phi) is 5.22. The van der Waals surface area contributed by atoms with E-state index in [-0.39, 0.29) is 5.70 Å². The summed E-state index contributed by atoms with van der Waals surface area (Å²) in [7, 11) is 1.56. The maximum absolute atomic E-state index is 11.6. The molecule has 2 aromatic carbocycles. The van der Waals surface area contributed by atoms with E-state index in [1.54, 1.807) is 19.3 Å². The van der Waals surface area contributed by atoms with Crippen molar-refractivity contribution in [1.82, 2.24) is 10.6 Å². The summed E-state index contributed by atoms with van der Waals surface area (Å²) in [5.41, 5.74) is 1.97. The normalized spacial score (nSPS) is 15.0. The number of benzene rings is 2. The predicted octanol–water partition coefficient (Wildman–Crippen LogP) is 3.06. The number of imide groups is 1. The van der Waals surface area contributed by atoms with Gasteiger partial charge in [-0.25, -0.2) is 4.79 Å². The quantitative estimate of drug-likeness (QED) is 0.417. The maximum Gasteiger partial charge on any atom is 0.326 e. The summed E-state index contributed by atoms with van der Waals surface area (Å²) in [6, 6.07) is 12.9. The number of carbonyl (C=O) groups is 2. The molecule has 3 rings (SSSR count). The van der Waals surface area contributed by atoms with Gasteiger partial charge in [-0.2, -0.15) is 0 Å². The van der Waals surface area contributed by atoms with E-state index in [4.69, 9.17) is 9.47 Å². The first-order valence-corrected chi connectivity index (χ1v) is 8.53. The van der Waals surface area contributed by atoms with E-state index in [9.17, 15) is 9.59 Å². The molecule has 128 valence electrons. The standard InChI is InChI=1S/C18H15IN2O4/c1-24-15-9-12(8-14-17(22)21-18(23)20-14)7-13(19)16(15)25-10-11-5-3-2-4-6-11/h2-9H,10H2,1H3,(H2,20,21,22,23). The van der Waals surface area contributed by atoms with Gasteiger partial charge in [-0.3, -0.25) is 10.1 Å². The van der Waals surface area contributed by atoms with Gasteiger partial charge in [0.2, 0.25) is 0 Å². The third kappa shape index (κ3) is 4.11. The van der Waals surface area contributed by atoms with Gasteiger partial charge in [0, 0.05) is 0 Å². The van der Waals surface area contributed by atoms with Crippen LogP contribution < -0.4 is 20.1 Å². The molecule has 2 aromatic rings. The maximum atomic E-state index is 11.6. The van der Waals surface area contributed by atoms with Gasteiger partial charge in [-0.15, -0.1) is 0 Å². The van der Waals surface area contributed by atoms with Crippen LogP contribution in [-0.2, 0) is 11.4 Å². The van der Waals surface area contributed by atoms with Crippen LogP contribution in [0.5, 0.6) is 11.5 Å². The van der Waals surface area contributed by atoms with Crippen LogP contribution in [-0.4, -0.2) is 19.0 Å². The van der Waals surface area contributed by atoms with Gasteiger partial charge >= 0.3 is 6.03 Å². The molecule has 0 unspecified atom stereocenters. The van der Waals surface area contributed by atoms with Gasteiger partial charge in [-0.1, -0.05) is 30.3 Å². The summed E-state index contributed by atoms with van der Waals surface area (Å²) in [6.45, 7) is 0.423. The first-order chi connectivity index (χ1) is 12.1. The van der Waals surface area contributed by atoms with E-state index in [0.29, 0.717) is 18.1 Å². The Morgan fingerprint density at radius 2 is 1.88 bits per heavy atom. The molecular formula is C18H15IN2O4. The van der Waals surface area contributed by atoms with Crippen molar-refractivity contribution in [3.8, 4) is 11.5 Å². The number of urea groups is 1. The van der Waals surface area contributed by atoms with Crippen molar-refractivity contribution in [2.24, 2.45) is 0 Å². The number of carbonyl (C=O) groups excluding carboxylic acids is 2. The number of rotatable bonds is 5. The third-order valence-corrected chi connectivity index (χ3v) is 4.31. The average molecular weight is 450 g/mol. The van der Waals surface area contributed by atoms with Crippen molar-refractivity contribution in [3.63, 3.8) is 0 Å². The largest absolute Gasteiger partial charge is 0.493 e. The fraction of sp³-hybridized carbons (Fsp3) is 0.111. The highest BCUT2D eigenvalue weighted by molar-refractivity contribution is 14.1. The van der Waals surface area contributed by atoms with Crippen molar-refractivity contribution < 1.29 is 19.1 Å². The molecule has 1 aliphatic heterocycles. The van der Waals surface area contributed by atoms with Crippen LogP contribution >= 0.6 is 22.6 Å². The summed E-state index contributed by atoms with van der Waals surface area (Å²) in [6.07, 6.45) is 1.59. The molecule has 0 bridgehead atoms. The van der Waals surface area contributed by atoms with Crippen LogP contribution in [0, 0.1) is 3.57 Å². The zero-order chi connectivity index (χ0) is 17.8. The monoisotopic (exact) mass is 450 g/mol. The second kappa shape index (κ2) is 7.56. The Morgan fingerprint density at radius 1 is 1.12 bits per heavy atom. The van der Waals surface area contributed by atoms with E-state index < -0.39 is 11.9 Å². The number of amides is 3. The van der Waals surface area contributed by atoms with Gasteiger partial charge in [0.15, 0.2) is 11.5 Å². The molecule has 0 aromatic heterocycles. The lowest BCUT2D eigenvalue weighted by atomic mass is 10.1. The first-order valence-electron chi connectivity index (χ1n) is 7.45. The average Bonchev–Trinajstić information content (AvgIpc) is 2.91. The topological polar surface area (TPSA) is 76.7 Å². The molecule has 6 nitrogen and oxygen atoms in total. The van der Waals surface area contributed by atoms with E-state index >= 15 is 0 Å². The van der Waals surface area contributed by atoms with Crippen LogP contribution in [0.4, 0.5) is 4.79 Å². The lowest BCUT2D eigenvalue weighted by Crippen LogP contribution is -2.22. The van der Waals surface area contributed by atoms with Crippen molar-refractivity contribution in [2.75, 3.05) is 7.11 Å². The number of halogens is 1. The molecule has 0 saturated carbocycles. The summed E-state index contributed by atoms with van der Waals surface area (Å²) in [5.74, 6) is 0.733. The van der Waals surface area contributed by atoms with E-state index in [2.05, 4.69) is 33.2 Å². The Labute approximate surface area is 158 Å². The van der Waals surface area contributed by atoms with Crippen molar-refractivity contribution in [1.29, 1.82) is 0 Å². The highest BCUT2D eigenvalue weighted by Crippen LogP contribution is 2.35. The Balaban J connectivity index is 1.85. The van der Waals surface area contributed by atoms with Gasteiger partial charge < -0.3 is 14.8 Å². The van der Waals surface area contributed by atoms with Crippen LogP contribution in [0.3, 0.4) is 0 Å². The summed E-state index contributed by atoms with van der Waals surface area (Å²) in [5, 5.41) is 4.62. The number of methoxy groups -OCH3 is 1. The number of ether oxygens (including phenoxy) is 2. The van der Waals surface area contributed by atoms with Gasteiger partial charge in [0.1, 0.15) is 12.3 Å². The molecule has 25 heavy (non-hydrogen) atoms. The fourth-order valence-corrected chi connectivity index (χ4v) is 3.12.